The summed E-state index contributed by atoms with van der Waals surface area (Å²) in [7, 11) is 1.78. The molecule has 2 nitrogen and oxygen atoms in total. The van der Waals surface area contributed by atoms with Crippen LogP contribution in [0.25, 0.3) is 10.8 Å². The van der Waals surface area contributed by atoms with Crippen LogP contribution in [0.15, 0.2) is 42.5 Å². The van der Waals surface area contributed by atoms with Gasteiger partial charge in [0.1, 0.15) is 0 Å². The zero-order chi connectivity index (χ0) is 14.6. The van der Waals surface area contributed by atoms with E-state index in [0.29, 0.717) is 6.04 Å². The van der Waals surface area contributed by atoms with Crippen molar-refractivity contribution in [3.05, 3.63) is 48.0 Å². The maximum Gasteiger partial charge on any atom is 0.0640 e. The van der Waals surface area contributed by atoms with Crippen LogP contribution in [0, 0.1) is 0 Å². The lowest BCUT2D eigenvalue weighted by atomic mass is 9.92. The third kappa shape index (κ3) is 3.59. The lowest BCUT2D eigenvalue weighted by molar-refractivity contribution is 0.00698. The van der Waals surface area contributed by atoms with Crippen LogP contribution >= 0.6 is 0 Å². The first kappa shape index (κ1) is 15.0. The summed E-state index contributed by atoms with van der Waals surface area (Å²) in [5.41, 5.74) is 1.20. The summed E-state index contributed by atoms with van der Waals surface area (Å²) in [4.78, 5) is 0. The molecule has 108 valence electrons. The van der Waals surface area contributed by atoms with Crippen molar-refractivity contribution in [2.75, 3.05) is 13.7 Å². The fourth-order valence-electron chi connectivity index (χ4n) is 2.55. The summed E-state index contributed by atoms with van der Waals surface area (Å²) < 4.78 is 5.58. The molecule has 0 fully saturated rings. The minimum atomic E-state index is -0.127. The molecule has 1 atom stereocenters. The molecule has 0 aliphatic rings. The number of fused-ring (bicyclic) bond motifs is 1. The van der Waals surface area contributed by atoms with E-state index < -0.39 is 0 Å². The first-order valence-electron chi connectivity index (χ1n) is 7.33. The number of ether oxygens (including phenoxy) is 1. The van der Waals surface area contributed by atoms with Gasteiger partial charge in [0.05, 0.1) is 5.60 Å². The fourth-order valence-corrected chi connectivity index (χ4v) is 2.55. The highest BCUT2D eigenvalue weighted by Crippen LogP contribution is 2.28. The van der Waals surface area contributed by atoms with E-state index in [4.69, 9.17) is 4.74 Å². The Morgan fingerprint density at radius 3 is 2.45 bits per heavy atom. The smallest absolute Gasteiger partial charge is 0.0640 e. The van der Waals surface area contributed by atoms with Crippen LogP contribution in [0.3, 0.4) is 0 Å². The monoisotopic (exact) mass is 271 g/mol. The minimum Gasteiger partial charge on any atom is -0.379 e. The summed E-state index contributed by atoms with van der Waals surface area (Å²) in [5, 5.41) is 6.16. The number of hydrogen-bond acceptors (Lipinski definition) is 2. The molecule has 0 aliphatic carbocycles. The van der Waals surface area contributed by atoms with E-state index in [1.165, 1.54) is 16.3 Å². The molecule has 0 aromatic heterocycles. The molecular weight excluding hydrogens is 246 g/mol. The summed E-state index contributed by atoms with van der Waals surface area (Å²) in [6.45, 7) is 7.38. The van der Waals surface area contributed by atoms with Crippen LogP contribution < -0.4 is 5.32 Å². The molecule has 2 aromatic carbocycles. The Morgan fingerprint density at radius 1 is 1.10 bits per heavy atom. The zero-order valence-electron chi connectivity index (χ0n) is 12.9. The van der Waals surface area contributed by atoms with Crippen molar-refractivity contribution >= 4 is 10.8 Å². The van der Waals surface area contributed by atoms with Gasteiger partial charge in [-0.15, -0.1) is 0 Å². The van der Waals surface area contributed by atoms with Crippen molar-refractivity contribution in [3.8, 4) is 0 Å². The Bertz CT molecular complexity index is 562. The van der Waals surface area contributed by atoms with E-state index in [1.54, 1.807) is 7.11 Å². The van der Waals surface area contributed by atoms with Crippen LogP contribution in [0.2, 0.25) is 0 Å². The third-order valence-corrected chi connectivity index (χ3v) is 3.87. The average Bonchev–Trinajstić information content (AvgIpc) is 2.46. The van der Waals surface area contributed by atoms with Crippen LogP contribution in [-0.4, -0.2) is 19.3 Å². The van der Waals surface area contributed by atoms with E-state index >= 15 is 0 Å². The van der Waals surface area contributed by atoms with Crippen LogP contribution in [-0.2, 0) is 4.74 Å². The van der Waals surface area contributed by atoms with Crippen LogP contribution in [0.5, 0.6) is 0 Å². The number of benzene rings is 2. The predicted molar refractivity (Wildman–Crippen MR) is 86.1 cm³/mol. The Labute approximate surface area is 122 Å². The Morgan fingerprint density at radius 2 is 1.80 bits per heavy atom. The van der Waals surface area contributed by atoms with E-state index in [1.807, 2.05) is 0 Å². The van der Waals surface area contributed by atoms with E-state index in [9.17, 15) is 0 Å². The van der Waals surface area contributed by atoms with Gasteiger partial charge in [0, 0.05) is 13.2 Å². The number of nitrogens with one attached hydrogen (secondary N) is 1. The van der Waals surface area contributed by atoms with Gasteiger partial charge in [0.2, 0.25) is 0 Å². The molecule has 2 heteroatoms. The summed E-state index contributed by atoms with van der Waals surface area (Å²) >= 11 is 0. The molecule has 20 heavy (non-hydrogen) atoms. The van der Waals surface area contributed by atoms with Gasteiger partial charge >= 0.3 is 0 Å². The molecule has 0 radical (unpaired) electrons. The minimum absolute atomic E-state index is 0.127. The van der Waals surface area contributed by atoms with E-state index in [-0.39, 0.29) is 5.60 Å². The van der Waals surface area contributed by atoms with Crippen molar-refractivity contribution in [1.82, 2.24) is 5.32 Å². The maximum atomic E-state index is 5.58. The predicted octanol–water partition coefficient (Wildman–Crippen LogP) is 4.31. The van der Waals surface area contributed by atoms with Crippen LogP contribution in [0.4, 0.5) is 0 Å². The number of rotatable bonds is 6. The standard InChI is InChI=1S/C18H25NO/c1-5-19-17(13-18(2,3)20-4)16-11-10-14-8-6-7-9-15(14)12-16/h6-12,17,19H,5,13H2,1-4H3. The summed E-state index contributed by atoms with van der Waals surface area (Å²) in [6, 6.07) is 15.5. The van der Waals surface area contributed by atoms with Crippen molar-refractivity contribution < 1.29 is 4.74 Å². The highest BCUT2D eigenvalue weighted by molar-refractivity contribution is 5.83. The van der Waals surface area contributed by atoms with Crippen molar-refractivity contribution in [3.63, 3.8) is 0 Å². The highest BCUT2D eigenvalue weighted by atomic mass is 16.5. The Balaban J connectivity index is 2.31. The molecule has 0 saturated heterocycles. The van der Waals surface area contributed by atoms with Gasteiger partial charge < -0.3 is 10.1 Å². The quantitative estimate of drug-likeness (QED) is 0.845. The SMILES string of the molecule is CCNC(CC(C)(C)OC)c1ccc2ccccc2c1. The molecule has 0 aliphatic heterocycles. The average molecular weight is 271 g/mol. The first-order valence-corrected chi connectivity index (χ1v) is 7.33. The van der Waals surface area contributed by atoms with Crippen molar-refractivity contribution in [2.45, 2.75) is 38.8 Å². The number of methoxy groups -OCH3 is 1. The Kier molecular flexibility index (Phi) is 4.79. The fraction of sp³-hybridized carbons (Fsp3) is 0.444. The summed E-state index contributed by atoms with van der Waals surface area (Å²) in [6.07, 6.45) is 0.954. The van der Waals surface area contributed by atoms with Crippen molar-refractivity contribution in [1.29, 1.82) is 0 Å². The molecule has 2 aromatic rings. The number of hydrogen-bond donors (Lipinski definition) is 1. The van der Waals surface area contributed by atoms with E-state index in [2.05, 4.69) is 68.6 Å². The second kappa shape index (κ2) is 6.38. The molecule has 1 unspecified atom stereocenters. The van der Waals surface area contributed by atoms with Crippen LogP contribution in [0.1, 0.15) is 38.8 Å². The normalized spacial score (nSPS) is 13.6. The van der Waals surface area contributed by atoms with Gasteiger partial charge in [0.25, 0.3) is 0 Å². The third-order valence-electron chi connectivity index (χ3n) is 3.87. The van der Waals surface area contributed by atoms with Gasteiger partial charge in [-0.05, 0) is 49.2 Å². The molecule has 1 N–H and O–H groups in total. The van der Waals surface area contributed by atoms with Crippen molar-refractivity contribution in [2.24, 2.45) is 0 Å². The molecule has 0 spiro atoms. The molecule has 0 amide bonds. The lowest BCUT2D eigenvalue weighted by Gasteiger charge is -2.29. The molecule has 0 saturated carbocycles. The van der Waals surface area contributed by atoms with Gasteiger partial charge in [-0.2, -0.15) is 0 Å². The second-order valence-electron chi connectivity index (χ2n) is 5.88. The highest BCUT2D eigenvalue weighted by Gasteiger charge is 2.23. The first-order chi connectivity index (χ1) is 9.55. The Hall–Kier alpha value is -1.38. The second-order valence-corrected chi connectivity index (χ2v) is 5.88. The summed E-state index contributed by atoms with van der Waals surface area (Å²) in [5.74, 6) is 0. The lowest BCUT2D eigenvalue weighted by Crippen LogP contribution is -2.32. The van der Waals surface area contributed by atoms with Gasteiger partial charge in [-0.3, -0.25) is 0 Å². The molecule has 2 rings (SSSR count). The van der Waals surface area contributed by atoms with E-state index in [0.717, 1.165) is 13.0 Å². The van der Waals surface area contributed by atoms with Gasteiger partial charge in [-0.25, -0.2) is 0 Å². The van der Waals surface area contributed by atoms with Gasteiger partial charge in [0.15, 0.2) is 0 Å². The van der Waals surface area contributed by atoms with Gasteiger partial charge in [-0.1, -0.05) is 43.3 Å². The largest absolute Gasteiger partial charge is 0.379 e. The topological polar surface area (TPSA) is 21.3 Å². The zero-order valence-corrected chi connectivity index (χ0v) is 12.9. The maximum absolute atomic E-state index is 5.58. The molecular formula is C18H25NO. The molecule has 0 bridgehead atoms. The molecule has 0 heterocycles.